The maximum absolute atomic E-state index is 12.6. The average molecular weight is 410 g/mol. The van der Waals surface area contributed by atoms with Crippen molar-refractivity contribution in [3.63, 3.8) is 0 Å². The van der Waals surface area contributed by atoms with E-state index in [2.05, 4.69) is 9.71 Å². The summed E-state index contributed by atoms with van der Waals surface area (Å²) in [4.78, 5) is 14.2. The van der Waals surface area contributed by atoms with Gasteiger partial charge < -0.3 is 19.7 Å². The number of hydrogen-bond acceptors (Lipinski definition) is 5. The molecule has 2 aliphatic rings. The molecule has 28 heavy (non-hydrogen) atoms. The Morgan fingerprint density at radius 1 is 1.43 bits per heavy atom. The Morgan fingerprint density at radius 2 is 2.25 bits per heavy atom. The van der Waals surface area contributed by atoms with Crippen LogP contribution in [0.1, 0.15) is 32.6 Å². The lowest BCUT2D eigenvalue weighted by atomic mass is 10.2. The first-order chi connectivity index (χ1) is 13.3. The van der Waals surface area contributed by atoms with Crippen molar-refractivity contribution in [2.24, 2.45) is 4.40 Å². The molecular weight excluding hydrogens is 382 g/mol. The molecule has 2 fully saturated rings. The van der Waals surface area contributed by atoms with E-state index in [1.807, 2.05) is 11.9 Å². The highest BCUT2D eigenvalue weighted by Gasteiger charge is 2.22. The van der Waals surface area contributed by atoms with Crippen LogP contribution in [0.3, 0.4) is 0 Å². The molecule has 2 saturated heterocycles. The molecule has 0 aliphatic carbocycles. The number of anilines is 1. The van der Waals surface area contributed by atoms with E-state index in [4.69, 9.17) is 9.47 Å². The van der Waals surface area contributed by atoms with E-state index < -0.39 is 16.1 Å². The van der Waals surface area contributed by atoms with Crippen molar-refractivity contribution in [3.05, 3.63) is 24.3 Å². The minimum Gasteiger partial charge on any atom is -0.376 e. The van der Waals surface area contributed by atoms with Crippen molar-refractivity contribution < 1.29 is 22.7 Å². The summed E-state index contributed by atoms with van der Waals surface area (Å²) in [6.45, 7) is 3.56. The topological polar surface area (TPSA) is 97.3 Å². The highest BCUT2D eigenvalue weighted by molar-refractivity contribution is 7.90. The molecular formula is C19H27N3O5S. The van der Waals surface area contributed by atoms with Gasteiger partial charge in [-0.25, -0.2) is 0 Å². The number of likely N-dealkylation sites (tertiary alicyclic amines) is 1. The summed E-state index contributed by atoms with van der Waals surface area (Å²) in [5.74, 6) is 0.222. The lowest BCUT2D eigenvalue weighted by Crippen LogP contribution is -2.30. The summed E-state index contributed by atoms with van der Waals surface area (Å²) >= 11 is 0. The van der Waals surface area contributed by atoms with Crippen LogP contribution in [0.5, 0.6) is 0 Å². The quantitative estimate of drug-likeness (QED) is 0.740. The monoisotopic (exact) mass is 409 g/mol. The number of benzene rings is 1. The number of ether oxygens (including phenoxy) is 2. The third kappa shape index (κ3) is 5.30. The first-order valence-corrected chi connectivity index (χ1v) is 11.0. The molecule has 1 N–H and O–H groups in total. The zero-order chi connectivity index (χ0) is 20.1. The molecule has 0 saturated carbocycles. The number of carbonyl (C=O) groups is 1. The molecule has 3 rings (SSSR count). The molecule has 2 atom stereocenters. The van der Waals surface area contributed by atoms with Crippen molar-refractivity contribution in [3.8, 4) is 0 Å². The van der Waals surface area contributed by atoms with Gasteiger partial charge in [-0.3, -0.25) is 4.79 Å². The lowest BCUT2D eigenvalue weighted by molar-refractivity contribution is -0.128. The van der Waals surface area contributed by atoms with Gasteiger partial charge in [0.25, 0.3) is 15.9 Å². The molecule has 1 aromatic carbocycles. The van der Waals surface area contributed by atoms with E-state index in [-0.39, 0.29) is 16.9 Å². The Morgan fingerprint density at radius 3 is 2.93 bits per heavy atom. The van der Waals surface area contributed by atoms with Crippen molar-refractivity contribution in [2.75, 3.05) is 32.1 Å². The van der Waals surface area contributed by atoms with Gasteiger partial charge in [-0.15, -0.1) is 4.40 Å². The highest BCUT2D eigenvalue weighted by Crippen LogP contribution is 2.20. The van der Waals surface area contributed by atoms with Crippen LogP contribution in [-0.2, 0) is 24.3 Å². The highest BCUT2D eigenvalue weighted by atomic mass is 32.2. The Labute approximate surface area is 166 Å². The normalized spacial score (nSPS) is 22.6. The van der Waals surface area contributed by atoms with E-state index in [9.17, 15) is 13.2 Å². The van der Waals surface area contributed by atoms with Gasteiger partial charge in [-0.1, -0.05) is 6.07 Å². The van der Waals surface area contributed by atoms with Crippen LogP contribution >= 0.6 is 0 Å². The number of rotatable bonds is 7. The van der Waals surface area contributed by atoms with Crippen LogP contribution in [0.4, 0.5) is 5.69 Å². The SMILES string of the molecule is CC(OCC1CCCO1)C(=O)Nc1cccc(S(=O)(=O)/N=C2/CCCN2C)c1. The summed E-state index contributed by atoms with van der Waals surface area (Å²) in [6.07, 6.45) is 2.85. The third-order valence-corrected chi connectivity index (χ3v) is 6.19. The van der Waals surface area contributed by atoms with Crippen molar-refractivity contribution in [1.82, 2.24) is 4.90 Å². The fourth-order valence-corrected chi connectivity index (χ4v) is 4.32. The van der Waals surface area contributed by atoms with Gasteiger partial charge in [0.15, 0.2) is 0 Å². The lowest BCUT2D eigenvalue weighted by Gasteiger charge is -2.16. The minimum absolute atomic E-state index is 0.0385. The average Bonchev–Trinajstić information content (AvgIpc) is 3.32. The zero-order valence-corrected chi connectivity index (χ0v) is 17.1. The molecule has 0 radical (unpaired) electrons. The van der Waals surface area contributed by atoms with Crippen LogP contribution in [0.25, 0.3) is 0 Å². The van der Waals surface area contributed by atoms with E-state index >= 15 is 0 Å². The van der Waals surface area contributed by atoms with Crippen molar-refractivity contribution in [1.29, 1.82) is 0 Å². The Balaban J connectivity index is 1.63. The second kappa shape index (κ2) is 9.02. The van der Waals surface area contributed by atoms with Crippen molar-refractivity contribution >= 4 is 27.5 Å². The summed E-state index contributed by atoms with van der Waals surface area (Å²) in [5, 5.41) is 2.70. The molecule has 1 amide bonds. The van der Waals surface area contributed by atoms with Gasteiger partial charge in [0, 0.05) is 32.3 Å². The second-order valence-electron chi connectivity index (χ2n) is 7.14. The summed E-state index contributed by atoms with van der Waals surface area (Å²) in [7, 11) is -2.00. The number of amidine groups is 1. The van der Waals surface area contributed by atoms with Gasteiger partial charge >= 0.3 is 0 Å². The predicted octanol–water partition coefficient (Wildman–Crippen LogP) is 2.02. The minimum atomic E-state index is -3.83. The number of amides is 1. The van der Waals surface area contributed by atoms with E-state index in [1.54, 1.807) is 19.1 Å². The molecule has 0 aromatic heterocycles. The fourth-order valence-electron chi connectivity index (χ4n) is 3.18. The van der Waals surface area contributed by atoms with Crippen LogP contribution in [0.15, 0.2) is 33.6 Å². The second-order valence-corrected chi connectivity index (χ2v) is 8.74. The molecule has 9 heteroatoms. The molecule has 0 bridgehead atoms. The molecule has 1 aromatic rings. The third-order valence-electron chi connectivity index (χ3n) is 4.88. The van der Waals surface area contributed by atoms with Crippen LogP contribution in [0, 0.1) is 0 Å². The van der Waals surface area contributed by atoms with E-state index in [0.717, 1.165) is 32.4 Å². The zero-order valence-electron chi connectivity index (χ0n) is 16.3. The maximum atomic E-state index is 12.6. The number of carbonyl (C=O) groups excluding carboxylic acids is 1. The van der Waals surface area contributed by atoms with Crippen LogP contribution < -0.4 is 5.32 Å². The fraction of sp³-hybridized carbons (Fsp3) is 0.579. The van der Waals surface area contributed by atoms with Gasteiger partial charge in [0.2, 0.25) is 0 Å². The smallest absolute Gasteiger partial charge is 0.284 e. The van der Waals surface area contributed by atoms with E-state index in [0.29, 0.717) is 24.6 Å². The molecule has 0 spiro atoms. The van der Waals surface area contributed by atoms with Gasteiger partial charge in [0.1, 0.15) is 11.9 Å². The largest absolute Gasteiger partial charge is 0.376 e. The Bertz CT molecular complexity index is 834. The van der Waals surface area contributed by atoms with E-state index in [1.165, 1.54) is 12.1 Å². The van der Waals surface area contributed by atoms with Crippen LogP contribution in [0.2, 0.25) is 0 Å². The number of hydrogen-bond donors (Lipinski definition) is 1. The summed E-state index contributed by atoms with van der Waals surface area (Å²) in [5.41, 5.74) is 0.388. The first kappa shape index (κ1) is 20.8. The predicted molar refractivity (Wildman–Crippen MR) is 106 cm³/mol. The molecule has 2 aliphatic heterocycles. The number of nitrogens with one attached hydrogen (secondary N) is 1. The Kier molecular flexibility index (Phi) is 6.69. The maximum Gasteiger partial charge on any atom is 0.284 e. The van der Waals surface area contributed by atoms with Gasteiger partial charge in [-0.2, -0.15) is 8.42 Å². The molecule has 2 heterocycles. The summed E-state index contributed by atoms with van der Waals surface area (Å²) in [6, 6.07) is 6.11. The van der Waals surface area contributed by atoms with Crippen molar-refractivity contribution in [2.45, 2.75) is 49.7 Å². The van der Waals surface area contributed by atoms with Gasteiger partial charge in [0.05, 0.1) is 17.6 Å². The summed E-state index contributed by atoms with van der Waals surface area (Å²) < 4.78 is 40.2. The molecule has 154 valence electrons. The molecule has 8 nitrogen and oxygen atoms in total. The van der Waals surface area contributed by atoms with Gasteiger partial charge in [-0.05, 0) is 44.4 Å². The van der Waals surface area contributed by atoms with Crippen LogP contribution in [-0.4, -0.2) is 64.1 Å². The Hall–Kier alpha value is -1.97. The standard InChI is InChI=1S/C19H27N3O5S/c1-14(27-13-16-7-5-11-26-16)19(23)20-15-6-3-8-17(12-15)28(24,25)21-18-9-4-10-22(18)2/h3,6,8,12,14,16H,4-5,7,9-11,13H2,1-2H3,(H,20,23)/b21-18-. The number of nitrogens with zero attached hydrogens (tertiary/aromatic N) is 2. The number of sulfonamides is 1. The molecule has 2 unspecified atom stereocenters. The first-order valence-electron chi connectivity index (χ1n) is 9.54.